The molecule has 1 saturated heterocycles. The van der Waals surface area contributed by atoms with E-state index in [0.29, 0.717) is 30.5 Å². The molecular formula is C36H36N4O6. The van der Waals surface area contributed by atoms with E-state index in [4.69, 9.17) is 4.74 Å². The third-order valence-electron chi connectivity index (χ3n) is 9.09. The fourth-order valence-corrected chi connectivity index (χ4v) is 6.49. The molecule has 0 spiro atoms. The average molecular weight is 621 g/mol. The number of carboxylic acid groups (broad SMARTS) is 1. The molecule has 2 aliphatic rings. The highest BCUT2D eigenvalue weighted by atomic mass is 16.6. The van der Waals surface area contributed by atoms with Crippen LogP contribution in [0.1, 0.15) is 54.2 Å². The van der Waals surface area contributed by atoms with E-state index in [0.717, 1.165) is 27.8 Å². The van der Waals surface area contributed by atoms with Crippen LogP contribution in [-0.4, -0.2) is 68.3 Å². The largest absolute Gasteiger partial charge is 0.465 e. The predicted octanol–water partition coefficient (Wildman–Crippen LogP) is 6.03. The molecule has 1 aliphatic heterocycles. The molecule has 1 aliphatic carbocycles. The maximum absolute atomic E-state index is 13.2. The third kappa shape index (κ3) is 6.03. The number of aliphatic hydroxyl groups is 1. The highest BCUT2D eigenvalue weighted by molar-refractivity contribution is 5.96. The van der Waals surface area contributed by atoms with Gasteiger partial charge < -0.3 is 20.3 Å². The summed E-state index contributed by atoms with van der Waals surface area (Å²) in [6.07, 6.45) is 1.58. The zero-order valence-electron chi connectivity index (χ0n) is 25.6. The van der Waals surface area contributed by atoms with Crippen LogP contribution in [0.5, 0.6) is 0 Å². The smallest absolute Gasteiger partial charge is 0.411 e. The van der Waals surface area contributed by atoms with Gasteiger partial charge in [0.1, 0.15) is 12.1 Å². The number of carbonyl (C=O) groups is 3. The van der Waals surface area contributed by atoms with Gasteiger partial charge in [0.2, 0.25) is 5.91 Å². The van der Waals surface area contributed by atoms with Gasteiger partial charge in [-0.25, -0.2) is 9.59 Å². The predicted molar refractivity (Wildman–Crippen MR) is 172 cm³/mol. The molecule has 10 nitrogen and oxygen atoms in total. The summed E-state index contributed by atoms with van der Waals surface area (Å²) in [6, 6.07) is 24.6. The minimum absolute atomic E-state index is 0.298. The lowest BCUT2D eigenvalue weighted by Crippen LogP contribution is -2.44. The first-order valence-corrected chi connectivity index (χ1v) is 15.3. The molecule has 0 radical (unpaired) electrons. The zero-order valence-corrected chi connectivity index (χ0v) is 25.6. The molecule has 0 saturated carbocycles. The lowest BCUT2D eigenvalue weighted by atomic mass is 10.0. The van der Waals surface area contributed by atoms with Crippen molar-refractivity contribution in [3.05, 3.63) is 120 Å². The number of amides is 3. The first-order chi connectivity index (χ1) is 22.2. The number of hydrogen-bond acceptors (Lipinski definition) is 6. The number of nitrogens with one attached hydrogen (secondary N) is 1. The van der Waals surface area contributed by atoms with Gasteiger partial charge in [-0.3, -0.25) is 19.6 Å². The number of aliphatic hydroxyl groups excluding tert-OH is 1. The number of aromatic nitrogens is 1. The number of anilines is 1. The maximum Gasteiger partial charge on any atom is 0.411 e. The molecule has 4 aromatic rings. The van der Waals surface area contributed by atoms with Crippen molar-refractivity contribution in [1.29, 1.82) is 0 Å². The van der Waals surface area contributed by atoms with Crippen LogP contribution in [0.15, 0.2) is 97.3 Å². The second-order valence-electron chi connectivity index (χ2n) is 11.8. The molecular weight excluding hydrogens is 584 g/mol. The van der Waals surface area contributed by atoms with Crippen molar-refractivity contribution in [2.45, 2.75) is 56.5 Å². The molecule has 3 N–H and O–H groups in total. The molecule has 1 aromatic heterocycles. The number of hydrogen-bond donors (Lipinski definition) is 3. The monoisotopic (exact) mass is 620 g/mol. The van der Waals surface area contributed by atoms with E-state index in [9.17, 15) is 24.6 Å². The molecule has 2 heterocycles. The van der Waals surface area contributed by atoms with Crippen LogP contribution in [0, 0.1) is 0 Å². The van der Waals surface area contributed by atoms with Crippen LogP contribution in [0.3, 0.4) is 0 Å². The van der Waals surface area contributed by atoms with Crippen molar-refractivity contribution >= 4 is 23.8 Å². The Morgan fingerprint density at radius 1 is 0.957 bits per heavy atom. The van der Waals surface area contributed by atoms with Gasteiger partial charge in [-0.1, -0.05) is 66.7 Å². The SMILES string of the molecule is C[C@@H](C(=O)Nc1ccc(C[C@@H]2CC[C@H]([C@H](O)c3cccnc3)N2C(=O)O)cc1)N(C)C(=O)OC1c2ccccc2-c2ccccc21. The lowest BCUT2D eigenvalue weighted by molar-refractivity contribution is -0.120. The van der Waals surface area contributed by atoms with Crippen molar-refractivity contribution in [3.63, 3.8) is 0 Å². The maximum atomic E-state index is 13.2. The van der Waals surface area contributed by atoms with Gasteiger partial charge in [-0.05, 0) is 61.1 Å². The van der Waals surface area contributed by atoms with Crippen LogP contribution in [-0.2, 0) is 16.0 Å². The number of nitrogens with zero attached hydrogens (tertiary/aromatic N) is 3. The number of likely N-dealkylation sites (N-methyl/N-ethyl adjacent to an activating group) is 1. The number of pyridine rings is 1. The van der Waals surface area contributed by atoms with Crippen molar-refractivity contribution in [3.8, 4) is 11.1 Å². The normalized spacial score (nSPS) is 18.3. The minimum Gasteiger partial charge on any atom is -0.465 e. The quantitative estimate of drug-likeness (QED) is 0.219. The highest BCUT2D eigenvalue weighted by Gasteiger charge is 2.41. The molecule has 236 valence electrons. The second kappa shape index (κ2) is 13.0. The summed E-state index contributed by atoms with van der Waals surface area (Å²) in [5.41, 5.74) is 5.90. The topological polar surface area (TPSA) is 132 Å². The molecule has 46 heavy (non-hydrogen) atoms. The van der Waals surface area contributed by atoms with Gasteiger partial charge in [0.25, 0.3) is 0 Å². The zero-order chi connectivity index (χ0) is 32.4. The Hall–Kier alpha value is -5.22. The van der Waals surface area contributed by atoms with Crippen molar-refractivity contribution in [2.75, 3.05) is 12.4 Å². The summed E-state index contributed by atoms with van der Waals surface area (Å²) in [7, 11) is 1.54. The molecule has 3 aromatic carbocycles. The lowest BCUT2D eigenvalue weighted by Gasteiger charge is -2.30. The molecule has 1 fully saturated rings. The standard InChI is InChI=1S/C36H36N4O6/c1-22(39(2)36(45)46-33-29-11-5-3-9-27(29)28-10-4-6-12-30(28)33)34(42)38-25-15-13-23(14-16-25)20-26-17-18-31(40(26)35(43)44)32(41)24-8-7-19-37-21-24/h3-16,19,21-22,26,31-33,41H,17-18,20H2,1-2H3,(H,38,42)(H,43,44)/t22-,26-,31+,32+/m0/s1. The first-order valence-electron chi connectivity index (χ1n) is 15.3. The minimum atomic E-state index is -1.07. The van der Waals surface area contributed by atoms with E-state index in [-0.39, 0.29) is 11.9 Å². The van der Waals surface area contributed by atoms with E-state index in [1.54, 1.807) is 43.6 Å². The van der Waals surface area contributed by atoms with Crippen LogP contribution in [0.4, 0.5) is 15.3 Å². The van der Waals surface area contributed by atoms with Crippen LogP contribution in [0.25, 0.3) is 11.1 Å². The van der Waals surface area contributed by atoms with Crippen molar-refractivity contribution in [1.82, 2.24) is 14.8 Å². The summed E-state index contributed by atoms with van der Waals surface area (Å²) >= 11 is 0. The Balaban J connectivity index is 1.06. The third-order valence-corrected chi connectivity index (χ3v) is 9.09. The van der Waals surface area contributed by atoms with E-state index in [2.05, 4.69) is 10.3 Å². The number of carbonyl (C=O) groups excluding carboxylic acids is 2. The molecule has 4 atom stereocenters. The van der Waals surface area contributed by atoms with Gasteiger partial charge in [-0.2, -0.15) is 0 Å². The molecule has 3 amide bonds. The second-order valence-corrected chi connectivity index (χ2v) is 11.8. The Morgan fingerprint density at radius 3 is 2.22 bits per heavy atom. The Kier molecular flexibility index (Phi) is 8.72. The Labute approximate surface area is 267 Å². The first kappa shape index (κ1) is 30.8. The molecule has 0 unspecified atom stereocenters. The Morgan fingerprint density at radius 2 is 1.61 bits per heavy atom. The average Bonchev–Trinajstić information content (AvgIpc) is 3.64. The number of likely N-dealkylation sites (tertiary alicyclic amines) is 1. The van der Waals surface area contributed by atoms with Crippen molar-refractivity contribution < 1.29 is 29.3 Å². The Bertz CT molecular complexity index is 1680. The number of rotatable bonds is 8. The van der Waals surface area contributed by atoms with Gasteiger partial charge >= 0.3 is 12.2 Å². The molecule has 0 bridgehead atoms. The summed E-state index contributed by atoms with van der Waals surface area (Å²) < 4.78 is 5.94. The number of fused-ring (bicyclic) bond motifs is 3. The van der Waals surface area contributed by atoms with Gasteiger partial charge in [0.05, 0.1) is 6.04 Å². The van der Waals surface area contributed by atoms with E-state index >= 15 is 0 Å². The fourth-order valence-electron chi connectivity index (χ4n) is 6.49. The van der Waals surface area contributed by atoms with E-state index < -0.39 is 36.5 Å². The summed E-state index contributed by atoms with van der Waals surface area (Å²) in [5, 5.41) is 23.7. The van der Waals surface area contributed by atoms with Crippen molar-refractivity contribution in [2.24, 2.45) is 0 Å². The fraction of sp³-hybridized carbons (Fsp3) is 0.278. The summed E-state index contributed by atoms with van der Waals surface area (Å²) in [4.78, 5) is 45.2. The highest BCUT2D eigenvalue weighted by Crippen LogP contribution is 2.45. The van der Waals surface area contributed by atoms with E-state index in [1.807, 2.05) is 60.7 Å². The number of benzene rings is 3. The van der Waals surface area contributed by atoms with Crippen LogP contribution in [0.2, 0.25) is 0 Å². The van der Waals surface area contributed by atoms with Gasteiger partial charge in [0, 0.05) is 47.9 Å². The van der Waals surface area contributed by atoms with E-state index in [1.165, 1.54) is 16.8 Å². The van der Waals surface area contributed by atoms with Gasteiger partial charge in [-0.15, -0.1) is 0 Å². The van der Waals surface area contributed by atoms with Crippen LogP contribution >= 0.6 is 0 Å². The summed E-state index contributed by atoms with van der Waals surface area (Å²) in [6.45, 7) is 1.64. The van der Waals surface area contributed by atoms with Gasteiger partial charge in [0.15, 0.2) is 6.10 Å². The van der Waals surface area contributed by atoms with Crippen LogP contribution < -0.4 is 5.32 Å². The number of ether oxygens (including phenoxy) is 1. The molecule has 6 rings (SSSR count). The molecule has 10 heteroatoms. The summed E-state index contributed by atoms with van der Waals surface area (Å²) in [5.74, 6) is -0.375.